The van der Waals surface area contributed by atoms with Gasteiger partial charge >= 0.3 is 5.97 Å². The summed E-state index contributed by atoms with van der Waals surface area (Å²) in [5.41, 5.74) is 3.20. The van der Waals surface area contributed by atoms with Gasteiger partial charge in [0, 0.05) is 21.9 Å². The van der Waals surface area contributed by atoms with Crippen molar-refractivity contribution in [2.75, 3.05) is 7.11 Å². The highest BCUT2D eigenvalue weighted by Crippen LogP contribution is 2.34. The largest absolute Gasteiger partial charge is 0.494 e. The van der Waals surface area contributed by atoms with Gasteiger partial charge in [-0.2, -0.15) is 0 Å². The number of aromatic amines is 1. The van der Waals surface area contributed by atoms with Gasteiger partial charge in [0.25, 0.3) is 0 Å². The standard InChI is InChI=1S/C22H16FNO4/c1-11(25)15-8-14(12-4-6-20(28-2)18(23)10-12)9-17-16-7-13(22(26)27)3-5-19(16)24-21(15)17/h3-10,24H,1-2H3,(H,26,27). The molecule has 6 heteroatoms. The molecule has 5 nitrogen and oxygen atoms in total. The minimum atomic E-state index is -1.03. The number of H-pyrrole nitrogens is 1. The maximum Gasteiger partial charge on any atom is 0.335 e. The molecule has 4 aromatic rings. The highest BCUT2D eigenvalue weighted by atomic mass is 19.1. The molecule has 0 aliphatic heterocycles. The number of benzene rings is 3. The zero-order valence-electron chi connectivity index (χ0n) is 15.2. The van der Waals surface area contributed by atoms with Crippen LogP contribution in [0.2, 0.25) is 0 Å². The number of Topliss-reactive ketones (excluding diaryl/α,β-unsaturated/α-hetero) is 1. The molecule has 28 heavy (non-hydrogen) atoms. The zero-order chi connectivity index (χ0) is 20.0. The summed E-state index contributed by atoms with van der Waals surface area (Å²) >= 11 is 0. The molecule has 0 spiro atoms. The number of carbonyl (C=O) groups excluding carboxylic acids is 1. The number of aromatic carboxylic acids is 1. The van der Waals surface area contributed by atoms with Gasteiger partial charge in [0.05, 0.1) is 18.2 Å². The summed E-state index contributed by atoms with van der Waals surface area (Å²) in [5, 5.41) is 10.7. The van der Waals surface area contributed by atoms with Crippen LogP contribution in [0, 0.1) is 5.82 Å². The van der Waals surface area contributed by atoms with Crippen LogP contribution in [0.5, 0.6) is 5.75 Å². The van der Waals surface area contributed by atoms with Crippen LogP contribution in [0.3, 0.4) is 0 Å². The first-order valence-electron chi connectivity index (χ1n) is 8.56. The molecule has 1 heterocycles. The van der Waals surface area contributed by atoms with Crippen LogP contribution >= 0.6 is 0 Å². The van der Waals surface area contributed by atoms with Gasteiger partial charge in [0.15, 0.2) is 17.3 Å². The van der Waals surface area contributed by atoms with Crippen molar-refractivity contribution in [2.24, 2.45) is 0 Å². The molecule has 0 amide bonds. The third-order valence-electron chi connectivity index (χ3n) is 4.82. The van der Waals surface area contributed by atoms with Crippen molar-refractivity contribution in [1.82, 2.24) is 4.98 Å². The van der Waals surface area contributed by atoms with E-state index in [1.54, 1.807) is 24.3 Å². The first kappa shape index (κ1) is 17.7. The van der Waals surface area contributed by atoms with Gasteiger partial charge in [0.1, 0.15) is 0 Å². The topological polar surface area (TPSA) is 79.4 Å². The van der Waals surface area contributed by atoms with Crippen molar-refractivity contribution in [3.8, 4) is 16.9 Å². The Hall–Kier alpha value is -3.67. The summed E-state index contributed by atoms with van der Waals surface area (Å²) in [6, 6.07) is 12.9. The van der Waals surface area contributed by atoms with Gasteiger partial charge in [-0.05, 0) is 60.5 Å². The molecule has 0 aliphatic carbocycles. The summed E-state index contributed by atoms with van der Waals surface area (Å²) in [6.45, 7) is 1.46. The van der Waals surface area contributed by atoms with E-state index < -0.39 is 11.8 Å². The van der Waals surface area contributed by atoms with E-state index in [9.17, 15) is 19.1 Å². The van der Waals surface area contributed by atoms with Crippen molar-refractivity contribution >= 4 is 33.6 Å². The minimum absolute atomic E-state index is 0.134. The lowest BCUT2D eigenvalue weighted by Gasteiger charge is -2.08. The van der Waals surface area contributed by atoms with E-state index in [0.29, 0.717) is 33.0 Å². The fraction of sp³-hybridized carbons (Fsp3) is 0.0909. The van der Waals surface area contributed by atoms with Crippen LogP contribution in [0.1, 0.15) is 27.6 Å². The second-order valence-corrected chi connectivity index (χ2v) is 6.54. The molecule has 0 bridgehead atoms. The van der Waals surface area contributed by atoms with Crippen molar-refractivity contribution in [3.05, 3.63) is 65.5 Å². The Labute approximate surface area is 159 Å². The Morgan fingerprint density at radius 1 is 1.00 bits per heavy atom. The number of hydrogen-bond acceptors (Lipinski definition) is 3. The molecule has 0 saturated carbocycles. The summed E-state index contributed by atoms with van der Waals surface area (Å²) < 4.78 is 19.1. The Morgan fingerprint density at radius 3 is 2.43 bits per heavy atom. The second-order valence-electron chi connectivity index (χ2n) is 6.54. The van der Waals surface area contributed by atoms with E-state index in [0.717, 1.165) is 5.52 Å². The zero-order valence-corrected chi connectivity index (χ0v) is 15.2. The number of ether oxygens (including phenoxy) is 1. The van der Waals surface area contributed by atoms with Gasteiger partial charge in [-0.15, -0.1) is 0 Å². The van der Waals surface area contributed by atoms with Gasteiger partial charge < -0.3 is 14.8 Å². The van der Waals surface area contributed by atoms with Crippen LogP contribution in [-0.4, -0.2) is 29.0 Å². The number of fused-ring (bicyclic) bond motifs is 3. The summed E-state index contributed by atoms with van der Waals surface area (Å²) in [6.07, 6.45) is 0. The van der Waals surface area contributed by atoms with Gasteiger partial charge in [-0.3, -0.25) is 4.79 Å². The monoisotopic (exact) mass is 377 g/mol. The maximum absolute atomic E-state index is 14.2. The lowest BCUT2D eigenvalue weighted by Crippen LogP contribution is -1.95. The molecule has 0 fully saturated rings. The van der Waals surface area contributed by atoms with Crippen molar-refractivity contribution in [1.29, 1.82) is 0 Å². The van der Waals surface area contributed by atoms with Crippen LogP contribution in [0.4, 0.5) is 4.39 Å². The molecule has 140 valence electrons. The normalized spacial score (nSPS) is 11.1. The Balaban J connectivity index is 2.03. The quantitative estimate of drug-likeness (QED) is 0.489. The van der Waals surface area contributed by atoms with Crippen molar-refractivity contribution in [2.45, 2.75) is 6.92 Å². The van der Waals surface area contributed by atoms with Gasteiger partial charge in [0.2, 0.25) is 0 Å². The third kappa shape index (κ3) is 2.79. The Bertz CT molecular complexity index is 1270. The lowest BCUT2D eigenvalue weighted by molar-refractivity contribution is 0.0697. The molecule has 1 aromatic heterocycles. The van der Waals surface area contributed by atoms with Crippen LogP contribution in [0.15, 0.2) is 48.5 Å². The van der Waals surface area contributed by atoms with E-state index in [2.05, 4.69) is 4.98 Å². The van der Waals surface area contributed by atoms with E-state index in [1.165, 1.54) is 32.2 Å². The Kier molecular flexibility index (Phi) is 4.11. The molecule has 0 radical (unpaired) electrons. The number of nitrogens with one attached hydrogen (secondary N) is 1. The molecule has 0 atom stereocenters. The summed E-state index contributed by atoms with van der Waals surface area (Å²) in [5.74, 6) is -1.55. The maximum atomic E-state index is 14.2. The van der Waals surface area contributed by atoms with E-state index in [4.69, 9.17) is 4.74 Å². The summed E-state index contributed by atoms with van der Waals surface area (Å²) in [7, 11) is 1.39. The number of rotatable bonds is 4. The number of halogens is 1. The lowest BCUT2D eigenvalue weighted by atomic mass is 9.97. The number of aromatic nitrogens is 1. The van der Waals surface area contributed by atoms with Crippen LogP contribution < -0.4 is 4.74 Å². The predicted octanol–water partition coefficient (Wildman–Crippen LogP) is 5.04. The van der Waals surface area contributed by atoms with Crippen molar-refractivity contribution < 1.29 is 23.8 Å². The van der Waals surface area contributed by atoms with Crippen LogP contribution in [-0.2, 0) is 0 Å². The van der Waals surface area contributed by atoms with Gasteiger partial charge in [-0.25, -0.2) is 9.18 Å². The summed E-state index contributed by atoms with van der Waals surface area (Å²) in [4.78, 5) is 26.8. The van der Waals surface area contributed by atoms with Crippen LogP contribution in [0.25, 0.3) is 32.9 Å². The molecule has 4 rings (SSSR count). The highest BCUT2D eigenvalue weighted by Gasteiger charge is 2.16. The number of carboxylic acid groups (broad SMARTS) is 1. The Morgan fingerprint density at radius 2 is 1.79 bits per heavy atom. The average molecular weight is 377 g/mol. The molecule has 0 aliphatic rings. The first-order valence-corrected chi connectivity index (χ1v) is 8.56. The van der Waals surface area contributed by atoms with E-state index >= 15 is 0 Å². The molecular weight excluding hydrogens is 361 g/mol. The minimum Gasteiger partial charge on any atom is -0.494 e. The van der Waals surface area contributed by atoms with E-state index in [-0.39, 0.29) is 17.1 Å². The molecule has 2 N–H and O–H groups in total. The smallest absolute Gasteiger partial charge is 0.335 e. The average Bonchev–Trinajstić information content (AvgIpc) is 3.04. The molecule has 0 saturated heterocycles. The number of methoxy groups -OCH3 is 1. The fourth-order valence-corrected chi connectivity index (χ4v) is 3.42. The molecular formula is C22H16FNO4. The fourth-order valence-electron chi connectivity index (χ4n) is 3.42. The van der Waals surface area contributed by atoms with E-state index in [1.807, 2.05) is 6.07 Å². The number of carbonyl (C=O) groups is 2. The number of carboxylic acids is 1. The van der Waals surface area contributed by atoms with Crippen molar-refractivity contribution in [3.63, 3.8) is 0 Å². The van der Waals surface area contributed by atoms with Gasteiger partial charge in [-0.1, -0.05) is 6.07 Å². The number of hydrogen-bond donors (Lipinski definition) is 2. The SMILES string of the molecule is COc1ccc(-c2cc(C(C)=O)c3[nH]c4ccc(C(=O)O)cc4c3c2)cc1F. The predicted molar refractivity (Wildman–Crippen MR) is 105 cm³/mol. The molecule has 0 unspecified atom stereocenters. The first-order chi connectivity index (χ1) is 13.4. The molecule has 3 aromatic carbocycles. The third-order valence-corrected chi connectivity index (χ3v) is 4.82. The number of ketones is 1. The second kappa shape index (κ2) is 6.49. The highest BCUT2D eigenvalue weighted by molar-refractivity contribution is 6.17.